The lowest BCUT2D eigenvalue weighted by atomic mass is 9.84. The fourth-order valence-corrected chi connectivity index (χ4v) is 2.84. The molecule has 3 heteroatoms. The van der Waals surface area contributed by atoms with Crippen LogP contribution in [0.4, 0.5) is 0 Å². The number of hydrogen-bond donors (Lipinski definition) is 1. The summed E-state index contributed by atoms with van der Waals surface area (Å²) in [6.45, 7) is 2.16. The summed E-state index contributed by atoms with van der Waals surface area (Å²) in [6.07, 6.45) is 3.37. The average molecular weight is 183 g/mol. The van der Waals surface area contributed by atoms with E-state index in [1.165, 1.54) is 13.5 Å². The van der Waals surface area contributed by atoms with Crippen molar-refractivity contribution in [1.82, 2.24) is 5.32 Å². The van der Waals surface area contributed by atoms with Gasteiger partial charge in [-0.15, -0.1) is 0 Å². The standard InChI is InChI=1S/C10H17NO2/c1-13-10(12)9-3-2-7-6-11-5-4-8(7)9/h7-9,11H,2-6H2,1H3/t7-,8+,9-/m1/s1. The summed E-state index contributed by atoms with van der Waals surface area (Å²) in [5, 5.41) is 3.38. The molecule has 2 fully saturated rings. The molecule has 0 aromatic carbocycles. The molecule has 1 aliphatic carbocycles. The summed E-state index contributed by atoms with van der Waals surface area (Å²) in [5.74, 6) is 1.51. The highest BCUT2D eigenvalue weighted by molar-refractivity contribution is 5.73. The van der Waals surface area contributed by atoms with Crippen LogP contribution in [-0.4, -0.2) is 26.2 Å². The summed E-state index contributed by atoms with van der Waals surface area (Å²) >= 11 is 0. The first-order chi connectivity index (χ1) is 6.33. The quantitative estimate of drug-likeness (QED) is 0.611. The molecule has 1 heterocycles. The summed E-state index contributed by atoms with van der Waals surface area (Å²) < 4.78 is 4.82. The van der Waals surface area contributed by atoms with E-state index in [9.17, 15) is 4.79 Å². The Morgan fingerprint density at radius 2 is 2.23 bits per heavy atom. The molecule has 2 rings (SSSR count). The van der Waals surface area contributed by atoms with E-state index >= 15 is 0 Å². The molecule has 1 saturated heterocycles. The van der Waals surface area contributed by atoms with E-state index in [4.69, 9.17) is 4.74 Å². The lowest BCUT2D eigenvalue weighted by Gasteiger charge is -2.28. The molecule has 0 bridgehead atoms. The van der Waals surface area contributed by atoms with Crippen LogP contribution in [0.3, 0.4) is 0 Å². The van der Waals surface area contributed by atoms with E-state index in [0.717, 1.165) is 31.8 Å². The topological polar surface area (TPSA) is 38.3 Å². The number of nitrogens with one attached hydrogen (secondary N) is 1. The highest BCUT2D eigenvalue weighted by atomic mass is 16.5. The van der Waals surface area contributed by atoms with Crippen molar-refractivity contribution in [2.45, 2.75) is 19.3 Å². The van der Waals surface area contributed by atoms with Gasteiger partial charge in [0.1, 0.15) is 0 Å². The molecule has 74 valence electrons. The molecular weight excluding hydrogens is 166 g/mol. The van der Waals surface area contributed by atoms with E-state index in [0.29, 0.717) is 5.92 Å². The van der Waals surface area contributed by atoms with Crippen LogP contribution < -0.4 is 5.32 Å². The number of esters is 1. The van der Waals surface area contributed by atoms with Gasteiger partial charge in [0.25, 0.3) is 0 Å². The summed E-state index contributed by atoms with van der Waals surface area (Å²) in [5.41, 5.74) is 0. The number of ether oxygens (including phenoxy) is 1. The van der Waals surface area contributed by atoms with E-state index in [-0.39, 0.29) is 11.9 Å². The number of methoxy groups -OCH3 is 1. The van der Waals surface area contributed by atoms with Crippen molar-refractivity contribution in [3.05, 3.63) is 0 Å². The van der Waals surface area contributed by atoms with Gasteiger partial charge in [0.05, 0.1) is 13.0 Å². The van der Waals surface area contributed by atoms with Gasteiger partial charge >= 0.3 is 5.97 Å². The first kappa shape index (κ1) is 9.00. The lowest BCUT2D eigenvalue weighted by molar-refractivity contribution is -0.147. The molecule has 1 aliphatic heterocycles. The molecule has 1 saturated carbocycles. The zero-order valence-electron chi connectivity index (χ0n) is 8.08. The van der Waals surface area contributed by atoms with Crippen molar-refractivity contribution in [3.8, 4) is 0 Å². The van der Waals surface area contributed by atoms with Crippen LogP contribution in [0.15, 0.2) is 0 Å². The van der Waals surface area contributed by atoms with Crippen molar-refractivity contribution >= 4 is 5.97 Å². The molecule has 3 nitrogen and oxygen atoms in total. The number of piperidine rings is 1. The molecule has 0 radical (unpaired) electrons. The van der Waals surface area contributed by atoms with Gasteiger partial charge in [0.2, 0.25) is 0 Å². The van der Waals surface area contributed by atoms with Gasteiger partial charge in [0, 0.05) is 0 Å². The van der Waals surface area contributed by atoms with Crippen molar-refractivity contribution in [2.75, 3.05) is 20.2 Å². The van der Waals surface area contributed by atoms with Crippen molar-refractivity contribution < 1.29 is 9.53 Å². The van der Waals surface area contributed by atoms with Gasteiger partial charge in [0.15, 0.2) is 0 Å². The monoisotopic (exact) mass is 183 g/mol. The minimum Gasteiger partial charge on any atom is -0.469 e. The zero-order valence-corrected chi connectivity index (χ0v) is 8.08. The third kappa shape index (κ3) is 1.57. The van der Waals surface area contributed by atoms with Gasteiger partial charge in [-0.1, -0.05) is 0 Å². The molecule has 0 aromatic rings. The molecule has 2 aliphatic rings. The molecule has 1 N–H and O–H groups in total. The largest absolute Gasteiger partial charge is 0.469 e. The number of carbonyl (C=O) groups is 1. The van der Waals surface area contributed by atoms with Crippen LogP contribution in [0.5, 0.6) is 0 Å². The molecular formula is C10H17NO2. The Hall–Kier alpha value is -0.570. The maximum atomic E-state index is 11.4. The second kappa shape index (κ2) is 3.66. The summed E-state index contributed by atoms with van der Waals surface area (Å²) in [6, 6.07) is 0. The Labute approximate surface area is 78.8 Å². The molecule has 0 aromatic heterocycles. The number of hydrogen-bond acceptors (Lipinski definition) is 3. The number of rotatable bonds is 1. The maximum absolute atomic E-state index is 11.4. The molecule has 0 amide bonds. The second-order valence-electron chi connectivity index (χ2n) is 4.12. The van der Waals surface area contributed by atoms with Gasteiger partial charge in [-0.3, -0.25) is 4.79 Å². The predicted octanol–water partition coefficient (Wildman–Crippen LogP) is 0.795. The third-order valence-corrected chi connectivity index (χ3v) is 3.54. The van der Waals surface area contributed by atoms with E-state index in [2.05, 4.69) is 5.32 Å². The van der Waals surface area contributed by atoms with Gasteiger partial charge < -0.3 is 10.1 Å². The second-order valence-corrected chi connectivity index (χ2v) is 4.12. The lowest BCUT2D eigenvalue weighted by Crippen LogP contribution is -2.37. The van der Waals surface area contributed by atoms with Crippen LogP contribution in [0.25, 0.3) is 0 Å². The summed E-state index contributed by atoms with van der Waals surface area (Å²) in [7, 11) is 1.50. The predicted molar refractivity (Wildman–Crippen MR) is 49.2 cm³/mol. The normalized spacial score (nSPS) is 38.4. The van der Waals surface area contributed by atoms with Crippen LogP contribution in [-0.2, 0) is 9.53 Å². The Bertz CT molecular complexity index is 205. The molecule has 0 unspecified atom stereocenters. The Kier molecular flexibility index (Phi) is 2.54. The van der Waals surface area contributed by atoms with E-state index in [1.807, 2.05) is 0 Å². The zero-order chi connectivity index (χ0) is 9.26. The van der Waals surface area contributed by atoms with Crippen molar-refractivity contribution in [2.24, 2.45) is 17.8 Å². The minimum absolute atomic E-state index is 0.00870. The highest BCUT2D eigenvalue weighted by Gasteiger charge is 2.41. The Balaban J connectivity index is 2.02. The number of carbonyl (C=O) groups excluding carboxylic acids is 1. The number of fused-ring (bicyclic) bond motifs is 1. The van der Waals surface area contributed by atoms with E-state index < -0.39 is 0 Å². The van der Waals surface area contributed by atoms with E-state index in [1.54, 1.807) is 0 Å². The van der Waals surface area contributed by atoms with Crippen LogP contribution in [0, 0.1) is 17.8 Å². The van der Waals surface area contributed by atoms with Gasteiger partial charge in [-0.05, 0) is 44.2 Å². The van der Waals surface area contributed by atoms with Crippen molar-refractivity contribution in [3.63, 3.8) is 0 Å². The maximum Gasteiger partial charge on any atom is 0.308 e. The summed E-state index contributed by atoms with van der Waals surface area (Å²) in [4.78, 5) is 11.4. The SMILES string of the molecule is COC(=O)[C@@H]1CC[C@@H]2CNCC[C@@H]21. The van der Waals surface area contributed by atoms with Crippen LogP contribution >= 0.6 is 0 Å². The Morgan fingerprint density at radius 3 is 3.00 bits per heavy atom. The van der Waals surface area contributed by atoms with Crippen LogP contribution in [0.2, 0.25) is 0 Å². The molecule has 3 atom stereocenters. The van der Waals surface area contributed by atoms with Gasteiger partial charge in [-0.25, -0.2) is 0 Å². The van der Waals surface area contributed by atoms with Crippen LogP contribution in [0.1, 0.15) is 19.3 Å². The minimum atomic E-state index is 0.00870. The fraction of sp³-hybridized carbons (Fsp3) is 0.900. The average Bonchev–Trinajstić information content (AvgIpc) is 2.60. The highest BCUT2D eigenvalue weighted by Crippen LogP contribution is 2.40. The van der Waals surface area contributed by atoms with Gasteiger partial charge in [-0.2, -0.15) is 0 Å². The Morgan fingerprint density at radius 1 is 1.38 bits per heavy atom. The third-order valence-electron chi connectivity index (χ3n) is 3.54. The molecule has 0 spiro atoms. The molecule has 13 heavy (non-hydrogen) atoms. The van der Waals surface area contributed by atoms with Crippen molar-refractivity contribution in [1.29, 1.82) is 0 Å². The first-order valence-electron chi connectivity index (χ1n) is 5.11. The smallest absolute Gasteiger partial charge is 0.308 e. The fourth-order valence-electron chi connectivity index (χ4n) is 2.84. The first-order valence-corrected chi connectivity index (χ1v) is 5.11.